The zero-order valence-electron chi connectivity index (χ0n) is 80.6. The third-order valence-corrected chi connectivity index (χ3v) is 27.7. The summed E-state index contributed by atoms with van der Waals surface area (Å²) in [6.45, 7) is 18.0. The average Bonchev–Trinajstić information content (AvgIpc) is 1.26. The second-order valence-electron chi connectivity index (χ2n) is 37.4. The van der Waals surface area contributed by atoms with Crippen LogP contribution in [0.2, 0.25) is 0 Å². The molecule has 2 bridgehead atoms. The smallest absolute Gasteiger partial charge is 0.410 e. The van der Waals surface area contributed by atoms with E-state index in [1.54, 1.807) is 65.3 Å². The number of aromatic amines is 1. The van der Waals surface area contributed by atoms with Crippen LogP contribution in [0.1, 0.15) is 163 Å². The number of fused-ring (bicyclic) bond motifs is 7. The fourth-order valence-electron chi connectivity index (χ4n) is 19.5. The second kappa shape index (κ2) is 48.5. The van der Waals surface area contributed by atoms with E-state index in [1.807, 2.05) is 77.0 Å². The highest BCUT2D eigenvalue weighted by Gasteiger charge is 2.54. The number of amides is 4. The predicted octanol–water partition coefficient (Wildman–Crippen LogP) is 8.07. The van der Waals surface area contributed by atoms with Gasteiger partial charge in [-0.25, -0.2) is 49.2 Å². The van der Waals surface area contributed by atoms with Gasteiger partial charge in [-0.1, -0.05) is 82.4 Å². The van der Waals surface area contributed by atoms with Crippen molar-refractivity contribution in [2.24, 2.45) is 35.3 Å². The van der Waals surface area contributed by atoms with Crippen LogP contribution >= 0.6 is 0 Å². The van der Waals surface area contributed by atoms with Crippen molar-refractivity contribution in [2.45, 2.75) is 218 Å². The van der Waals surface area contributed by atoms with Crippen LogP contribution in [0.4, 0.5) is 22.5 Å². The summed E-state index contributed by atoms with van der Waals surface area (Å²) in [6.07, 6.45) is 19.5. The number of nitrogens with two attached hydrogens (primary N) is 2. The molecule has 4 amide bonds. The summed E-state index contributed by atoms with van der Waals surface area (Å²) in [4.78, 5) is 157. The zero-order chi connectivity index (χ0) is 97.7. The van der Waals surface area contributed by atoms with Gasteiger partial charge in [0.15, 0.2) is 11.4 Å². The average molecular weight is 1910 g/mol. The molecule has 0 unspecified atom stereocenters. The Morgan fingerprint density at radius 2 is 1.43 bits per heavy atom. The van der Waals surface area contributed by atoms with Crippen LogP contribution in [0.25, 0.3) is 33.3 Å². The molecule has 1 aliphatic carbocycles. The van der Waals surface area contributed by atoms with Crippen LogP contribution in [-0.4, -0.2) is 309 Å². The monoisotopic (exact) mass is 1910 g/mol. The Morgan fingerprint density at radius 3 is 2.17 bits per heavy atom. The highest BCUT2D eigenvalue weighted by Crippen LogP contribution is 2.40. The number of ether oxygens (including phenoxy) is 10. The normalized spacial score (nSPS) is 26.3. The Kier molecular flexibility index (Phi) is 36.1. The van der Waals surface area contributed by atoms with Gasteiger partial charge in [0.1, 0.15) is 59.7 Å². The first-order chi connectivity index (χ1) is 66.6. The number of carbonyl (C=O) groups excluding carboxylic acids is 8. The van der Waals surface area contributed by atoms with Crippen molar-refractivity contribution in [2.75, 3.05) is 142 Å². The number of nitrogens with one attached hydrogen (secondary N) is 2. The molecule has 138 heavy (non-hydrogen) atoms. The number of ketones is 3. The number of methoxy groups -OCH3 is 3. The number of aliphatic hydroxyl groups is 2. The van der Waals surface area contributed by atoms with E-state index in [0.29, 0.717) is 195 Å². The van der Waals surface area contributed by atoms with Gasteiger partial charge in [0.25, 0.3) is 17.6 Å². The number of carbonyl (C=O) groups is 8. The number of anilines is 3. The zero-order valence-corrected chi connectivity index (χ0v) is 80.6. The maximum absolute atomic E-state index is 14.8. The van der Waals surface area contributed by atoms with Crippen molar-refractivity contribution in [1.29, 1.82) is 0 Å². The number of cyclic esters (lactones) is 1. The lowest BCUT2D eigenvalue weighted by Gasteiger charge is -2.42. The Bertz CT molecular complexity index is 5510. The van der Waals surface area contributed by atoms with E-state index in [0.717, 1.165) is 55.9 Å². The van der Waals surface area contributed by atoms with Gasteiger partial charge in [-0.15, -0.1) is 0 Å². The number of hydrogen-bond acceptors (Lipinski definition) is 32. The topological polar surface area (TPSA) is 473 Å². The first-order valence-electron chi connectivity index (χ1n) is 48.4. The summed E-state index contributed by atoms with van der Waals surface area (Å²) in [5.74, 6) is -7.63. The molecule has 744 valence electrons. The molecular formula is C100H134N18O20. The number of aliphatic hydroxyl groups excluding tert-OH is 1. The molecular weight excluding hydrogens is 1770 g/mol. The van der Waals surface area contributed by atoms with E-state index in [4.69, 9.17) is 73.9 Å². The van der Waals surface area contributed by atoms with Crippen LogP contribution in [0, 0.1) is 29.6 Å². The maximum atomic E-state index is 14.8. The van der Waals surface area contributed by atoms with Crippen molar-refractivity contribution in [3.63, 3.8) is 0 Å². The summed E-state index contributed by atoms with van der Waals surface area (Å²) in [7, 11) is 4.47. The molecule has 6 aliphatic heterocycles. The fourth-order valence-corrected chi connectivity index (χ4v) is 19.5. The first kappa shape index (κ1) is 103. The van der Waals surface area contributed by atoms with Gasteiger partial charge in [0, 0.05) is 171 Å². The highest BCUT2D eigenvalue weighted by molar-refractivity contribution is 6.39. The van der Waals surface area contributed by atoms with Gasteiger partial charge in [-0.3, -0.25) is 28.8 Å². The number of Topliss-reactive ketones (excluding diaryl/α,β-unsaturated/α-hetero) is 3. The van der Waals surface area contributed by atoms with Crippen LogP contribution in [0.5, 0.6) is 0 Å². The van der Waals surface area contributed by atoms with Crippen LogP contribution in [-0.2, 0) is 109 Å². The van der Waals surface area contributed by atoms with E-state index >= 15 is 0 Å². The number of allylic oxidation sites excluding steroid dienone is 6. The van der Waals surface area contributed by atoms with E-state index in [2.05, 4.69) is 58.3 Å². The molecule has 12 heterocycles. The molecule has 1 saturated carbocycles. The lowest BCUT2D eigenvalue weighted by molar-refractivity contribution is -0.265. The quantitative estimate of drug-likeness (QED) is 0.0117. The number of esters is 1. The van der Waals surface area contributed by atoms with Crippen molar-refractivity contribution in [3.05, 3.63) is 149 Å². The Morgan fingerprint density at radius 1 is 0.703 bits per heavy atom. The Balaban J connectivity index is 0.478. The number of aromatic nitrogens is 10. The molecule has 38 heteroatoms. The van der Waals surface area contributed by atoms with Gasteiger partial charge < -0.3 is 104 Å². The molecule has 15 atom stereocenters. The van der Waals surface area contributed by atoms with Gasteiger partial charge in [0.2, 0.25) is 23.6 Å². The van der Waals surface area contributed by atoms with E-state index in [1.165, 1.54) is 31.4 Å². The third-order valence-electron chi connectivity index (χ3n) is 27.7. The van der Waals surface area contributed by atoms with Crippen molar-refractivity contribution >= 4 is 86.9 Å². The SMILES string of the molecule is CO[C@H]1C[C@@H]2CC[C@@H](C)[C@@](O)(O2)C(=O)C(=O)N2CCCC[C@H]2C(=O)O[C@H]([C@H](N)C[C@@H]2CC[C@@H](OC(=O)N3CCc4nc(N5CCN(c6ncc(C(=O)NCCOCCOCCOCCOCCC(=O)N7CCc8cc(Cn9nc(-c%10cnc%11[nH]ccc%11c%10)c%10c(N)ncnc%109)ccc8C7)cn6)CC5)ncc4C3)[C@H](OC)C2)CC(=O)[C@H](C)/C=C(\C)[C@@H](O)[C@@H](OC)C(=O)[C@H](C)C[C@H](C)/C=C/C=CC=C1C. The minimum absolute atomic E-state index is 0.00315. The minimum atomic E-state index is -2.51. The van der Waals surface area contributed by atoms with E-state index in [-0.39, 0.29) is 94.4 Å². The van der Waals surface area contributed by atoms with Crippen LogP contribution in [0.15, 0.2) is 115 Å². The summed E-state index contributed by atoms with van der Waals surface area (Å²) in [5.41, 5.74) is 22.9. The van der Waals surface area contributed by atoms with Gasteiger partial charge in [0.05, 0.1) is 107 Å². The number of nitrogens with zero attached hydrogens (tertiary/aromatic N) is 14. The molecule has 7 aromatic rings. The number of piperidine rings is 1. The summed E-state index contributed by atoms with van der Waals surface area (Å²) >= 11 is 0. The predicted molar refractivity (Wildman–Crippen MR) is 511 cm³/mol. The maximum Gasteiger partial charge on any atom is 0.410 e. The molecule has 1 aromatic carbocycles. The molecule has 8 N–H and O–H groups in total. The third kappa shape index (κ3) is 25.8. The standard InChI is InChI=1S/C100H134N18O20/c1-61-15-11-10-12-16-62(2)81(129-7)51-75-22-18-66(6)100(128,138-75)90(123)95(125)117-30-14-13-17-78(117)96(126)136-82(52-79(119)63(3)46-65(5)88(122)89(131-9)87(121)64(4)45-61)76(101)48-67-20-23-80(83(49-67)130-8)137-99(127)116-32-26-77-74(59-116)56-108-98(111-77)114-35-33-113(34-36-114)97-106-54-73(55-107-97)94(124)104-29-38-133-40-42-135-44-43-134-41-39-132-37-27-84(120)115-31-25-69-47-68(19-21-71(69)58-115)57-118-93-85(91(102)109-60-110-93)86(112-118)72-50-70-24-28-103-92(70)105-53-72/h10-12,15-16,19,21,24,28,46-47,50,53-56,60-61,63-64,66-67,75-76,78,80-83,88-89,122,128H,13-14,17-18,20,22-23,25-27,29-45,48-49,51-52,57-59,101H2,1-9H3,(H,103,105)(H,104,124)(H2,102,109,110)/b12-10?,15-11+,62-16?,65-46+/t61-,63-,64-,66-,67+,75+,76-,78+,80-,81+,82+,83-,88-,89+,100-/m1/s1. The van der Waals surface area contributed by atoms with Gasteiger partial charge in [-0.2, -0.15) is 5.10 Å². The van der Waals surface area contributed by atoms with Crippen molar-refractivity contribution in [1.82, 2.24) is 69.7 Å². The Hall–Kier alpha value is -11.3. The van der Waals surface area contributed by atoms with E-state index < -0.39 is 108 Å². The van der Waals surface area contributed by atoms with Crippen LogP contribution in [0.3, 0.4) is 0 Å². The molecule has 14 rings (SSSR count). The Labute approximate surface area is 804 Å². The van der Waals surface area contributed by atoms with E-state index in [9.17, 15) is 48.6 Å². The lowest BCUT2D eigenvalue weighted by atomic mass is 9.80. The molecule has 7 aliphatic rings. The number of H-pyrrole nitrogens is 1. The summed E-state index contributed by atoms with van der Waals surface area (Å²) in [6, 6.07) is 8.08. The van der Waals surface area contributed by atoms with Crippen molar-refractivity contribution in [3.8, 4) is 11.3 Å². The molecule has 38 nitrogen and oxygen atoms in total. The second-order valence-corrected chi connectivity index (χ2v) is 37.4. The number of pyridine rings is 1. The number of nitrogen functional groups attached to an aromatic ring is 1. The number of hydrogen-bond donors (Lipinski definition) is 6. The van der Waals surface area contributed by atoms with Gasteiger partial charge >= 0.3 is 12.1 Å². The van der Waals surface area contributed by atoms with Crippen molar-refractivity contribution < 1.29 is 95.9 Å². The summed E-state index contributed by atoms with van der Waals surface area (Å²) in [5, 5.41) is 33.3. The fraction of sp³-hybridized carbons (Fsp3) is 0.580. The number of rotatable bonds is 28. The first-order valence-corrected chi connectivity index (χ1v) is 48.4. The molecule has 6 aromatic heterocycles. The molecule has 3 saturated heterocycles. The van der Waals surface area contributed by atoms with Gasteiger partial charge in [-0.05, 0) is 136 Å². The molecule has 0 radical (unpaired) electrons. The highest BCUT2D eigenvalue weighted by atomic mass is 16.6. The summed E-state index contributed by atoms with van der Waals surface area (Å²) < 4.78 is 61.0. The molecule has 4 fully saturated rings. The largest absolute Gasteiger partial charge is 0.459 e. The number of piperazine rings is 1. The van der Waals surface area contributed by atoms with Crippen LogP contribution < -0.4 is 26.6 Å². The molecule has 0 spiro atoms. The number of benzene rings is 1. The minimum Gasteiger partial charge on any atom is -0.459 e. The lowest BCUT2D eigenvalue weighted by Crippen LogP contribution is -2.61.